The standard InChI is InChI=1S/C17H23ClN2O2/c1-12(21)19-16(13-7-9-14(18)10-8-13)11-17(22)20-15-5-3-2-4-6-15/h7-10,15-16H,2-6,11H2,1H3,(H,19,21)(H,20,22). The van der Waals surface area contributed by atoms with Crippen molar-refractivity contribution in [2.75, 3.05) is 0 Å². The molecule has 0 saturated heterocycles. The first-order valence-electron chi connectivity index (χ1n) is 7.86. The van der Waals surface area contributed by atoms with Gasteiger partial charge in [-0.3, -0.25) is 9.59 Å². The molecule has 0 radical (unpaired) electrons. The van der Waals surface area contributed by atoms with Gasteiger partial charge in [-0.05, 0) is 30.5 Å². The van der Waals surface area contributed by atoms with Gasteiger partial charge >= 0.3 is 0 Å². The smallest absolute Gasteiger partial charge is 0.222 e. The molecule has 2 rings (SSSR count). The van der Waals surface area contributed by atoms with Crippen LogP contribution in [0, 0.1) is 0 Å². The molecule has 1 aliphatic rings. The van der Waals surface area contributed by atoms with Crippen molar-refractivity contribution >= 4 is 23.4 Å². The molecule has 4 nitrogen and oxygen atoms in total. The minimum absolute atomic E-state index is 0.0133. The molecule has 1 aliphatic carbocycles. The average Bonchev–Trinajstić information content (AvgIpc) is 2.48. The van der Waals surface area contributed by atoms with Crippen molar-refractivity contribution in [2.24, 2.45) is 0 Å². The molecule has 0 spiro atoms. The molecule has 120 valence electrons. The molecule has 1 unspecified atom stereocenters. The third-order valence-electron chi connectivity index (χ3n) is 4.01. The summed E-state index contributed by atoms with van der Waals surface area (Å²) in [6, 6.07) is 7.19. The normalized spacial score (nSPS) is 16.8. The topological polar surface area (TPSA) is 58.2 Å². The summed E-state index contributed by atoms with van der Waals surface area (Å²) in [5.74, 6) is -0.161. The van der Waals surface area contributed by atoms with Gasteiger partial charge in [-0.15, -0.1) is 0 Å². The lowest BCUT2D eigenvalue weighted by Gasteiger charge is -2.24. The van der Waals surface area contributed by atoms with Crippen molar-refractivity contribution in [3.8, 4) is 0 Å². The lowest BCUT2D eigenvalue weighted by molar-refractivity contribution is -0.123. The van der Waals surface area contributed by atoms with Gasteiger partial charge in [0.05, 0.1) is 12.5 Å². The molecule has 1 atom stereocenters. The van der Waals surface area contributed by atoms with Crippen molar-refractivity contribution in [3.05, 3.63) is 34.9 Å². The van der Waals surface area contributed by atoms with Crippen LogP contribution in [0.5, 0.6) is 0 Å². The highest BCUT2D eigenvalue weighted by atomic mass is 35.5. The van der Waals surface area contributed by atoms with E-state index in [0.29, 0.717) is 5.02 Å². The van der Waals surface area contributed by atoms with Gasteiger partial charge in [-0.25, -0.2) is 0 Å². The second-order valence-corrected chi connectivity index (χ2v) is 6.35. The molecule has 0 bridgehead atoms. The zero-order valence-electron chi connectivity index (χ0n) is 12.9. The van der Waals surface area contributed by atoms with Gasteiger partial charge in [0.1, 0.15) is 0 Å². The number of hydrogen-bond donors (Lipinski definition) is 2. The van der Waals surface area contributed by atoms with Crippen LogP contribution in [0.2, 0.25) is 5.02 Å². The third-order valence-corrected chi connectivity index (χ3v) is 4.26. The number of halogens is 1. The summed E-state index contributed by atoms with van der Waals surface area (Å²) in [4.78, 5) is 23.7. The summed E-state index contributed by atoms with van der Waals surface area (Å²) < 4.78 is 0. The Balaban J connectivity index is 1.97. The SMILES string of the molecule is CC(=O)NC(CC(=O)NC1CCCCC1)c1ccc(Cl)cc1. The fourth-order valence-corrected chi connectivity index (χ4v) is 3.04. The second-order valence-electron chi connectivity index (χ2n) is 5.91. The minimum Gasteiger partial charge on any atom is -0.353 e. The molecule has 5 heteroatoms. The van der Waals surface area contributed by atoms with E-state index in [2.05, 4.69) is 10.6 Å². The number of hydrogen-bond acceptors (Lipinski definition) is 2. The molecule has 0 heterocycles. The Hall–Kier alpha value is -1.55. The fraction of sp³-hybridized carbons (Fsp3) is 0.529. The van der Waals surface area contributed by atoms with E-state index in [-0.39, 0.29) is 30.3 Å². The Labute approximate surface area is 136 Å². The van der Waals surface area contributed by atoms with Crippen LogP contribution in [0.1, 0.15) is 57.1 Å². The lowest BCUT2D eigenvalue weighted by atomic mass is 9.95. The van der Waals surface area contributed by atoms with Crippen molar-refractivity contribution < 1.29 is 9.59 Å². The van der Waals surface area contributed by atoms with Gasteiger partial charge in [0.25, 0.3) is 0 Å². The summed E-state index contributed by atoms with van der Waals surface area (Å²) in [6.45, 7) is 1.46. The molecular formula is C17H23ClN2O2. The first kappa shape index (κ1) is 16.8. The average molecular weight is 323 g/mol. The predicted octanol–water partition coefficient (Wildman–Crippen LogP) is 3.36. The van der Waals surface area contributed by atoms with Crippen molar-refractivity contribution in [3.63, 3.8) is 0 Å². The Morgan fingerprint density at radius 3 is 2.41 bits per heavy atom. The number of carbonyl (C=O) groups excluding carboxylic acids is 2. The molecule has 22 heavy (non-hydrogen) atoms. The van der Waals surface area contributed by atoms with Gasteiger partial charge in [0.2, 0.25) is 11.8 Å². The molecule has 1 aromatic carbocycles. The lowest BCUT2D eigenvalue weighted by Crippen LogP contribution is -2.39. The van der Waals surface area contributed by atoms with E-state index >= 15 is 0 Å². The Morgan fingerprint density at radius 1 is 1.18 bits per heavy atom. The predicted molar refractivity (Wildman–Crippen MR) is 87.6 cm³/mol. The van der Waals surface area contributed by atoms with Crippen molar-refractivity contribution in [1.82, 2.24) is 10.6 Å². The fourth-order valence-electron chi connectivity index (χ4n) is 2.91. The van der Waals surface area contributed by atoms with Gasteiger partial charge < -0.3 is 10.6 Å². The molecular weight excluding hydrogens is 300 g/mol. The highest BCUT2D eigenvalue weighted by Gasteiger charge is 2.20. The summed E-state index contributed by atoms with van der Waals surface area (Å²) in [5, 5.41) is 6.56. The monoisotopic (exact) mass is 322 g/mol. The maximum Gasteiger partial charge on any atom is 0.222 e. The molecule has 1 saturated carbocycles. The van der Waals surface area contributed by atoms with E-state index in [1.165, 1.54) is 26.2 Å². The number of nitrogens with one attached hydrogen (secondary N) is 2. The maximum atomic E-state index is 12.3. The Bertz CT molecular complexity index is 510. The summed E-state index contributed by atoms with van der Waals surface area (Å²) in [7, 11) is 0. The van der Waals surface area contributed by atoms with E-state index in [0.717, 1.165) is 18.4 Å². The zero-order chi connectivity index (χ0) is 15.9. The van der Waals surface area contributed by atoms with E-state index in [1.54, 1.807) is 12.1 Å². The van der Waals surface area contributed by atoms with Gasteiger partial charge in [0, 0.05) is 18.0 Å². The molecule has 0 aromatic heterocycles. The third kappa shape index (κ3) is 5.34. The number of amides is 2. The van der Waals surface area contributed by atoms with E-state index in [1.807, 2.05) is 12.1 Å². The van der Waals surface area contributed by atoms with Crippen molar-refractivity contribution in [1.29, 1.82) is 0 Å². The van der Waals surface area contributed by atoms with Crippen LogP contribution in [0.4, 0.5) is 0 Å². The van der Waals surface area contributed by atoms with Gasteiger partial charge in [0.15, 0.2) is 0 Å². The summed E-state index contributed by atoms with van der Waals surface area (Å²) >= 11 is 5.89. The first-order chi connectivity index (χ1) is 10.5. The molecule has 2 amide bonds. The molecule has 1 aromatic rings. The maximum absolute atomic E-state index is 12.3. The number of carbonyl (C=O) groups is 2. The number of benzene rings is 1. The van der Waals surface area contributed by atoms with Gasteiger partial charge in [-0.2, -0.15) is 0 Å². The highest BCUT2D eigenvalue weighted by molar-refractivity contribution is 6.30. The van der Waals surface area contributed by atoms with Crippen LogP contribution in [-0.4, -0.2) is 17.9 Å². The number of rotatable bonds is 5. The Kier molecular flexibility index (Phi) is 6.25. The van der Waals surface area contributed by atoms with E-state index in [9.17, 15) is 9.59 Å². The van der Waals surface area contributed by atoms with E-state index in [4.69, 9.17) is 11.6 Å². The quantitative estimate of drug-likeness (QED) is 0.873. The molecule has 2 N–H and O–H groups in total. The van der Waals surface area contributed by atoms with Crippen molar-refractivity contribution in [2.45, 2.75) is 57.5 Å². The van der Waals surface area contributed by atoms with Crippen LogP contribution in [0.15, 0.2) is 24.3 Å². The minimum atomic E-state index is -0.321. The summed E-state index contributed by atoms with van der Waals surface area (Å²) in [6.07, 6.45) is 5.97. The van der Waals surface area contributed by atoms with E-state index < -0.39 is 0 Å². The summed E-state index contributed by atoms with van der Waals surface area (Å²) in [5.41, 5.74) is 0.887. The van der Waals surface area contributed by atoms with Crippen LogP contribution < -0.4 is 10.6 Å². The molecule has 1 fully saturated rings. The zero-order valence-corrected chi connectivity index (χ0v) is 13.7. The highest BCUT2D eigenvalue weighted by Crippen LogP contribution is 2.21. The Morgan fingerprint density at radius 2 is 1.82 bits per heavy atom. The van der Waals surface area contributed by atoms with Crippen LogP contribution >= 0.6 is 11.6 Å². The first-order valence-corrected chi connectivity index (χ1v) is 8.24. The van der Waals surface area contributed by atoms with Crippen LogP contribution in [-0.2, 0) is 9.59 Å². The van der Waals surface area contributed by atoms with Crippen LogP contribution in [0.25, 0.3) is 0 Å². The largest absolute Gasteiger partial charge is 0.353 e. The van der Waals surface area contributed by atoms with Crippen LogP contribution in [0.3, 0.4) is 0 Å². The van der Waals surface area contributed by atoms with Gasteiger partial charge in [-0.1, -0.05) is 43.0 Å². The molecule has 0 aliphatic heterocycles. The second kappa shape index (κ2) is 8.18.